The third-order valence-electron chi connectivity index (χ3n) is 3.28. The third-order valence-corrected chi connectivity index (χ3v) is 4.58. The molecule has 1 aromatic carbocycles. The molecule has 1 aromatic rings. The van der Waals surface area contributed by atoms with E-state index >= 15 is 0 Å². The summed E-state index contributed by atoms with van der Waals surface area (Å²) in [4.78, 5) is 2.49. The summed E-state index contributed by atoms with van der Waals surface area (Å²) in [5.74, 6) is 2.16. The van der Waals surface area contributed by atoms with Crippen LogP contribution in [0.25, 0.3) is 0 Å². The lowest BCUT2D eigenvalue weighted by atomic mass is 10.1. The molecule has 19 heavy (non-hydrogen) atoms. The van der Waals surface area contributed by atoms with Gasteiger partial charge in [0, 0.05) is 41.4 Å². The van der Waals surface area contributed by atoms with Crippen LogP contribution in [-0.4, -0.2) is 35.1 Å². The van der Waals surface area contributed by atoms with E-state index in [0.29, 0.717) is 11.4 Å². The second-order valence-corrected chi connectivity index (χ2v) is 7.42. The predicted molar refractivity (Wildman–Crippen MR) is 83.8 cm³/mol. The Hall–Kier alpha value is -0.870. The zero-order chi connectivity index (χ0) is 13.9. The molecular formula is C15H24N2OS. The van der Waals surface area contributed by atoms with Gasteiger partial charge in [-0.1, -0.05) is 0 Å². The van der Waals surface area contributed by atoms with Gasteiger partial charge in [-0.3, -0.25) is 4.90 Å². The van der Waals surface area contributed by atoms with E-state index in [1.54, 1.807) is 0 Å². The van der Waals surface area contributed by atoms with Crippen LogP contribution in [0.3, 0.4) is 0 Å². The number of anilines is 1. The fourth-order valence-electron chi connectivity index (χ4n) is 2.51. The summed E-state index contributed by atoms with van der Waals surface area (Å²) in [5.41, 5.74) is 7.91. The number of hydrogen-bond donors (Lipinski definition) is 1. The van der Waals surface area contributed by atoms with Gasteiger partial charge in [0.05, 0.1) is 6.61 Å². The van der Waals surface area contributed by atoms with E-state index in [0.717, 1.165) is 31.1 Å². The number of thioether (sulfide) groups is 1. The summed E-state index contributed by atoms with van der Waals surface area (Å²) >= 11 is 2.05. The van der Waals surface area contributed by atoms with Crippen LogP contribution in [0.15, 0.2) is 18.2 Å². The van der Waals surface area contributed by atoms with Crippen molar-refractivity contribution in [2.24, 2.45) is 0 Å². The molecule has 0 radical (unpaired) electrons. The second-order valence-electron chi connectivity index (χ2n) is 5.62. The number of hydrogen-bond acceptors (Lipinski definition) is 4. The minimum absolute atomic E-state index is 0.338. The van der Waals surface area contributed by atoms with E-state index in [1.807, 2.05) is 25.1 Å². The molecule has 0 bridgehead atoms. The SMILES string of the molecule is CCOc1ccc(N)cc1CN1CCSC(C)(C)C1. The minimum atomic E-state index is 0.338. The Kier molecular flexibility index (Phi) is 4.63. The first-order valence-corrected chi connectivity index (χ1v) is 7.86. The summed E-state index contributed by atoms with van der Waals surface area (Å²) in [6, 6.07) is 5.93. The molecule has 2 rings (SSSR count). The highest BCUT2D eigenvalue weighted by molar-refractivity contribution is 8.00. The average molecular weight is 280 g/mol. The predicted octanol–water partition coefficient (Wildman–Crippen LogP) is 2.99. The summed E-state index contributed by atoms with van der Waals surface area (Å²) < 4.78 is 6.04. The maximum Gasteiger partial charge on any atom is 0.123 e. The molecule has 1 fully saturated rings. The molecule has 2 N–H and O–H groups in total. The lowest BCUT2D eigenvalue weighted by Crippen LogP contribution is -2.42. The number of nitrogen functional groups attached to an aromatic ring is 1. The van der Waals surface area contributed by atoms with Crippen LogP contribution in [0.1, 0.15) is 26.3 Å². The van der Waals surface area contributed by atoms with Crippen LogP contribution < -0.4 is 10.5 Å². The van der Waals surface area contributed by atoms with Crippen molar-refractivity contribution in [2.45, 2.75) is 32.1 Å². The van der Waals surface area contributed by atoms with Gasteiger partial charge >= 0.3 is 0 Å². The van der Waals surface area contributed by atoms with Crippen molar-refractivity contribution >= 4 is 17.4 Å². The number of rotatable bonds is 4. The fraction of sp³-hybridized carbons (Fsp3) is 0.600. The average Bonchev–Trinajstić information content (AvgIpc) is 2.31. The van der Waals surface area contributed by atoms with Crippen molar-refractivity contribution in [3.05, 3.63) is 23.8 Å². The van der Waals surface area contributed by atoms with Crippen LogP contribution in [0.2, 0.25) is 0 Å². The first-order valence-electron chi connectivity index (χ1n) is 6.88. The van der Waals surface area contributed by atoms with Gasteiger partial charge in [0.15, 0.2) is 0 Å². The highest BCUT2D eigenvalue weighted by atomic mass is 32.2. The Balaban J connectivity index is 2.11. The quantitative estimate of drug-likeness (QED) is 0.861. The van der Waals surface area contributed by atoms with Crippen molar-refractivity contribution in [2.75, 3.05) is 31.2 Å². The zero-order valence-corrected chi connectivity index (χ0v) is 12.9. The van der Waals surface area contributed by atoms with Gasteiger partial charge in [-0.15, -0.1) is 0 Å². The maximum absolute atomic E-state index is 5.90. The molecular weight excluding hydrogens is 256 g/mol. The van der Waals surface area contributed by atoms with Crippen molar-refractivity contribution in [3.63, 3.8) is 0 Å². The smallest absolute Gasteiger partial charge is 0.123 e. The first-order chi connectivity index (χ1) is 9.00. The summed E-state index contributed by atoms with van der Waals surface area (Å²) in [6.07, 6.45) is 0. The monoisotopic (exact) mass is 280 g/mol. The van der Waals surface area contributed by atoms with E-state index < -0.39 is 0 Å². The summed E-state index contributed by atoms with van der Waals surface area (Å²) in [5, 5.41) is 0. The van der Waals surface area contributed by atoms with Gasteiger partial charge < -0.3 is 10.5 Å². The Morgan fingerprint density at radius 3 is 2.89 bits per heavy atom. The topological polar surface area (TPSA) is 38.5 Å². The highest BCUT2D eigenvalue weighted by Gasteiger charge is 2.27. The molecule has 0 unspecified atom stereocenters. The molecule has 3 nitrogen and oxygen atoms in total. The van der Waals surface area contributed by atoms with Crippen LogP contribution >= 0.6 is 11.8 Å². The zero-order valence-electron chi connectivity index (χ0n) is 12.1. The van der Waals surface area contributed by atoms with Crippen LogP contribution in [0.4, 0.5) is 5.69 Å². The Labute approximate surface area is 120 Å². The lowest BCUT2D eigenvalue weighted by molar-refractivity contribution is 0.246. The number of nitrogens with zero attached hydrogens (tertiary/aromatic N) is 1. The van der Waals surface area contributed by atoms with Gasteiger partial charge in [0.2, 0.25) is 0 Å². The Morgan fingerprint density at radius 2 is 2.21 bits per heavy atom. The molecule has 1 saturated heterocycles. The van der Waals surface area contributed by atoms with Crippen molar-refractivity contribution in [1.82, 2.24) is 4.90 Å². The van der Waals surface area contributed by atoms with Gasteiger partial charge in [-0.25, -0.2) is 0 Å². The molecule has 1 aliphatic heterocycles. The Morgan fingerprint density at radius 1 is 1.42 bits per heavy atom. The minimum Gasteiger partial charge on any atom is -0.494 e. The number of nitrogens with two attached hydrogens (primary N) is 1. The number of ether oxygens (including phenoxy) is 1. The van der Waals surface area contributed by atoms with E-state index in [4.69, 9.17) is 10.5 Å². The van der Waals surface area contributed by atoms with Crippen LogP contribution in [-0.2, 0) is 6.54 Å². The molecule has 0 amide bonds. The lowest BCUT2D eigenvalue weighted by Gasteiger charge is -2.37. The first kappa shape index (κ1) is 14.5. The van der Waals surface area contributed by atoms with Crippen LogP contribution in [0, 0.1) is 0 Å². The van der Waals surface area contributed by atoms with Crippen molar-refractivity contribution in [1.29, 1.82) is 0 Å². The molecule has 106 valence electrons. The molecule has 1 aliphatic rings. The molecule has 1 heterocycles. The van der Waals surface area contributed by atoms with Gasteiger partial charge in [0.25, 0.3) is 0 Å². The van der Waals surface area contributed by atoms with E-state index in [-0.39, 0.29) is 0 Å². The van der Waals surface area contributed by atoms with Crippen molar-refractivity contribution < 1.29 is 4.74 Å². The van der Waals surface area contributed by atoms with E-state index in [9.17, 15) is 0 Å². The normalized spacial score (nSPS) is 19.3. The summed E-state index contributed by atoms with van der Waals surface area (Å²) in [6.45, 7) is 10.5. The molecule has 0 aliphatic carbocycles. The second kappa shape index (κ2) is 6.06. The largest absolute Gasteiger partial charge is 0.494 e. The van der Waals surface area contributed by atoms with Crippen molar-refractivity contribution in [3.8, 4) is 5.75 Å². The molecule has 0 aromatic heterocycles. The van der Waals surface area contributed by atoms with E-state index in [2.05, 4.69) is 30.5 Å². The standard InChI is InChI=1S/C15H24N2OS/c1-4-18-14-6-5-13(16)9-12(14)10-17-7-8-19-15(2,3)11-17/h5-6,9H,4,7-8,10-11,16H2,1-3H3. The highest BCUT2D eigenvalue weighted by Crippen LogP contribution is 2.31. The van der Waals surface area contributed by atoms with E-state index in [1.165, 1.54) is 11.3 Å². The van der Waals surface area contributed by atoms with Crippen LogP contribution in [0.5, 0.6) is 5.75 Å². The fourth-order valence-corrected chi connectivity index (χ4v) is 3.69. The molecule has 0 atom stereocenters. The Bertz CT molecular complexity index is 434. The molecule has 4 heteroatoms. The molecule has 0 spiro atoms. The molecule has 0 saturated carbocycles. The number of benzene rings is 1. The van der Waals surface area contributed by atoms with Gasteiger partial charge in [-0.05, 0) is 39.0 Å². The van der Waals surface area contributed by atoms with Gasteiger partial charge in [-0.2, -0.15) is 11.8 Å². The summed E-state index contributed by atoms with van der Waals surface area (Å²) in [7, 11) is 0. The third kappa shape index (κ3) is 4.05. The van der Waals surface area contributed by atoms with Gasteiger partial charge in [0.1, 0.15) is 5.75 Å². The maximum atomic E-state index is 5.90.